The molecule has 0 fully saturated rings. The van der Waals surface area contributed by atoms with E-state index in [1.165, 1.54) is 0 Å². The van der Waals surface area contributed by atoms with Gasteiger partial charge in [0.05, 0.1) is 17.9 Å². The zero-order valence-corrected chi connectivity index (χ0v) is 8.86. The van der Waals surface area contributed by atoms with Gasteiger partial charge in [-0.15, -0.1) is 0 Å². The molecule has 0 radical (unpaired) electrons. The van der Waals surface area contributed by atoms with Crippen LogP contribution in [0.25, 0.3) is 0 Å². The first kappa shape index (κ1) is 11.2. The first-order chi connectivity index (χ1) is 7.24. The van der Waals surface area contributed by atoms with Crippen LogP contribution in [0.15, 0.2) is 40.9 Å². The molecular weight excluding hydrogens is 190 g/mol. The fourth-order valence-electron chi connectivity index (χ4n) is 0.936. The van der Waals surface area contributed by atoms with E-state index in [0.29, 0.717) is 12.2 Å². The zero-order chi connectivity index (χ0) is 11.1. The standard InChI is InChI=1S/C12H13NO2/c1-3-15-12(14)10(2)9-13-11-7-5-4-6-8-11/h4-8H,3H2,1-2H3. The molecule has 0 aliphatic carbocycles. The van der Waals surface area contributed by atoms with Crippen LogP contribution in [0.4, 0.5) is 5.69 Å². The Morgan fingerprint density at radius 2 is 2.07 bits per heavy atom. The normalized spacial score (nSPS) is 8.93. The second-order valence-corrected chi connectivity index (χ2v) is 2.90. The summed E-state index contributed by atoms with van der Waals surface area (Å²) in [5, 5.41) is 0. The van der Waals surface area contributed by atoms with Crippen LogP contribution in [0.1, 0.15) is 13.8 Å². The van der Waals surface area contributed by atoms with Crippen molar-refractivity contribution in [3.8, 4) is 0 Å². The number of rotatable bonds is 3. The maximum atomic E-state index is 11.2. The smallest absolute Gasteiger partial charge is 0.343 e. The Bertz CT molecular complexity index is 389. The van der Waals surface area contributed by atoms with Gasteiger partial charge in [0, 0.05) is 0 Å². The molecule has 15 heavy (non-hydrogen) atoms. The average Bonchev–Trinajstić information content (AvgIpc) is 2.27. The van der Waals surface area contributed by atoms with Crippen LogP contribution in [0.5, 0.6) is 0 Å². The summed E-state index contributed by atoms with van der Waals surface area (Å²) >= 11 is 0. The van der Waals surface area contributed by atoms with Gasteiger partial charge < -0.3 is 4.74 Å². The number of nitrogens with zero attached hydrogens (tertiary/aromatic N) is 1. The number of esters is 1. The van der Waals surface area contributed by atoms with Crippen molar-refractivity contribution in [2.24, 2.45) is 4.99 Å². The van der Waals surface area contributed by atoms with E-state index in [4.69, 9.17) is 4.74 Å². The number of benzene rings is 1. The summed E-state index contributed by atoms with van der Waals surface area (Å²) in [5.74, 6) is 2.27. The van der Waals surface area contributed by atoms with Crippen LogP contribution in [-0.2, 0) is 9.53 Å². The molecule has 3 heteroatoms. The maximum Gasteiger partial charge on any atom is 0.343 e. The number of para-hydroxylation sites is 1. The number of carbonyl (C=O) groups excluding carboxylic acids is 1. The van der Waals surface area contributed by atoms with Gasteiger partial charge in [-0.25, -0.2) is 9.79 Å². The van der Waals surface area contributed by atoms with E-state index in [-0.39, 0.29) is 5.97 Å². The van der Waals surface area contributed by atoms with Crippen LogP contribution in [-0.4, -0.2) is 18.4 Å². The molecule has 0 bridgehead atoms. The van der Waals surface area contributed by atoms with Crippen molar-refractivity contribution < 1.29 is 9.53 Å². The lowest BCUT2D eigenvalue weighted by Crippen LogP contribution is -2.05. The van der Waals surface area contributed by atoms with E-state index in [1.807, 2.05) is 30.3 Å². The minimum Gasteiger partial charge on any atom is -0.462 e. The summed E-state index contributed by atoms with van der Waals surface area (Å²) in [6, 6.07) is 9.33. The molecule has 0 saturated carbocycles. The molecule has 0 saturated heterocycles. The molecule has 0 aliphatic heterocycles. The first-order valence-corrected chi connectivity index (χ1v) is 4.76. The van der Waals surface area contributed by atoms with Gasteiger partial charge in [-0.05, 0) is 31.9 Å². The van der Waals surface area contributed by atoms with Crippen molar-refractivity contribution in [1.29, 1.82) is 0 Å². The summed E-state index contributed by atoms with van der Waals surface area (Å²) in [4.78, 5) is 15.2. The number of hydrogen-bond acceptors (Lipinski definition) is 3. The van der Waals surface area contributed by atoms with E-state index in [0.717, 1.165) is 5.69 Å². The average molecular weight is 203 g/mol. The molecule has 1 aromatic rings. The van der Waals surface area contributed by atoms with Gasteiger partial charge in [0.15, 0.2) is 0 Å². The minimum absolute atomic E-state index is 0.364. The number of ether oxygens (including phenoxy) is 1. The number of carbonyl (C=O) groups is 1. The van der Waals surface area contributed by atoms with Crippen LogP contribution in [0.2, 0.25) is 0 Å². The highest BCUT2D eigenvalue weighted by Gasteiger charge is 2.02. The zero-order valence-electron chi connectivity index (χ0n) is 8.86. The molecule has 1 rings (SSSR count). The molecular formula is C12H13NO2. The van der Waals surface area contributed by atoms with E-state index in [1.54, 1.807) is 13.8 Å². The van der Waals surface area contributed by atoms with Crippen LogP contribution >= 0.6 is 0 Å². The molecule has 3 nitrogen and oxygen atoms in total. The Balaban J connectivity index is 2.78. The van der Waals surface area contributed by atoms with Crippen molar-refractivity contribution in [3.05, 3.63) is 35.9 Å². The van der Waals surface area contributed by atoms with E-state index in [2.05, 4.69) is 10.9 Å². The van der Waals surface area contributed by atoms with Gasteiger partial charge in [0.2, 0.25) is 0 Å². The van der Waals surface area contributed by atoms with E-state index >= 15 is 0 Å². The highest BCUT2D eigenvalue weighted by Crippen LogP contribution is 2.08. The highest BCUT2D eigenvalue weighted by atomic mass is 16.5. The highest BCUT2D eigenvalue weighted by molar-refractivity contribution is 5.97. The SMILES string of the molecule is CCOC(=O)C(C)=C=Nc1ccccc1. The molecule has 1 aromatic carbocycles. The molecule has 0 amide bonds. The monoisotopic (exact) mass is 203 g/mol. The van der Waals surface area contributed by atoms with Gasteiger partial charge in [0.25, 0.3) is 0 Å². The van der Waals surface area contributed by atoms with Gasteiger partial charge in [-0.3, -0.25) is 0 Å². The Kier molecular flexibility index (Phi) is 4.32. The summed E-state index contributed by atoms with van der Waals surface area (Å²) in [5.41, 5.74) is 1.14. The van der Waals surface area contributed by atoms with Crippen molar-refractivity contribution in [2.45, 2.75) is 13.8 Å². The van der Waals surface area contributed by atoms with Gasteiger partial charge in [0.1, 0.15) is 0 Å². The van der Waals surface area contributed by atoms with E-state index in [9.17, 15) is 4.79 Å². The minimum atomic E-state index is -0.378. The number of hydrogen-bond donors (Lipinski definition) is 0. The second-order valence-electron chi connectivity index (χ2n) is 2.90. The Morgan fingerprint density at radius 3 is 2.67 bits per heavy atom. The Labute approximate surface area is 89.1 Å². The topological polar surface area (TPSA) is 38.7 Å². The van der Waals surface area contributed by atoms with Gasteiger partial charge >= 0.3 is 5.97 Å². The van der Waals surface area contributed by atoms with Crippen molar-refractivity contribution in [3.63, 3.8) is 0 Å². The van der Waals surface area contributed by atoms with Gasteiger partial charge in [-0.2, -0.15) is 0 Å². The third kappa shape index (κ3) is 3.79. The van der Waals surface area contributed by atoms with Crippen molar-refractivity contribution in [1.82, 2.24) is 0 Å². The molecule has 78 valence electrons. The largest absolute Gasteiger partial charge is 0.462 e. The molecule has 0 spiro atoms. The summed E-state index contributed by atoms with van der Waals surface area (Å²) < 4.78 is 4.79. The molecule has 0 aliphatic rings. The molecule has 0 N–H and O–H groups in total. The fourth-order valence-corrected chi connectivity index (χ4v) is 0.936. The predicted molar refractivity (Wildman–Crippen MR) is 59.4 cm³/mol. The van der Waals surface area contributed by atoms with Crippen LogP contribution in [0.3, 0.4) is 0 Å². The Morgan fingerprint density at radius 1 is 1.40 bits per heavy atom. The molecule has 0 unspecified atom stereocenters. The lowest BCUT2D eigenvalue weighted by Gasteiger charge is -1.97. The third-order valence-electron chi connectivity index (χ3n) is 1.69. The number of aliphatic imine (C=N–C) groups is 1. The quantitative estimate of drug-likeness (QED) is 0.430. The molecule has 0 atom stereocenters. The second kappa shape index (κ2) is 5.78. The lowest BCUT2D eigenvalue weighted by atomic mass is 10.3. The fraction of sp³-hybridized carbons (Fsp3) is 0.250. The van der Waals surface area contributed by atoms with Crippen LogP contribution in [0, 0.1) is 0 Å². The Hall–Kier alpha value is -1.86. The van der Waals surface area contributed by atoms with Gasteiger partial charge in [-0.1, -0.05) is 18.2 Å². The molecule has 0 heterocycles. The predicted octanol–water partition coefficient (Wildman–Crippen LogP) is 2.50. The third-order valence-corrected chi connectivity index (χ3v) is 1.69. The molecule has 0 aromatic heterocycles. The first-order valence-electron chi connectivity index (χ1n) is 4.76. The lowest BCUT2D eigenvalue weighted by molar-refractivity contribution is -0.138. The summed E-state index contributed by atoms with van der Waals surface area (Å²) in [6.45, 7) is 3.76. The maximum absolute atomic E-state index is 11.2. The van der Waals surface area contributed by atoms with Crippen molar-refractivity contribution in [2.75, 3.05) is 6.61 Å². The van der Waals surface area contributed by atoms with E-state index < -0.39 is 0 Å². The van der Waals surface area contributed by atoms with Crippen LogP contribution < -0.4 is 0 Å². The summed E-state index contributed by atoms with van der Waals surface area (Å²) in [6.07, 6.45) is 0. The summed E-state index contributed by atoms with van der Waals surface area (Å²) in [7, 11) is 0. The van der Waals surface area contributed by atoms with Crippen molar-refractivity contribution >= 4 is 17.5 Å².